The number of fused-ring (bicyclic) bond motifs is 3. The number of carbonyl (C=O) groups is 2. The van der Waals surface area contributed by atoms with E-state index in [1.807, 2.05) is 47.4 Å². The first-order chi connectivity index (χ1) is 17.0. The van der Waals surface area contributed by atoms with Crippen LogP contribution in [-0.2, 0) is 16.1 Å². The molecule has 35 heavy (non-hydrogen) atoms. The van der Waals surface area contributed by atoms with Crippen molar-refractivity contribution in [1.82, 2.24) is 14.4 Å². The fraction of sp³-hybridized carbons (Fsp3) is 0.370. The summed E-state index contributed by atoms with van der Waals surface area (Å²) in [6.45, 7) is 3.07. The van der Waals surface area contributed by atoms with Crippen molar-refractivity contribution in [3.63, 3.8) is 0 Å². The van der Waals surface area contributed by atoms with Crippen LogP contribution in [0.2, 0.25) is 0 Å². The third-order valence-electron chi connectivity index (χ3n) is 6.89. The summed E-state index contributed by atoms with van der Waals surface area (Å²) in [7, 11) is 3.61. The summed E-state index contributed by atoms with van der Waals surface area (Å²) in [6.07, 6.45) is 0.250. The molecule has 3 heterocycles. The van der Waals surface area contributed by atoms with E-state index in [1.54, 1.807) is 19.2 Å². The number of hydrogen-bond acceptors (Lipinski definition) is 6. The molecule has 1 saturated heterocycles. The molecule has 1 aromatic heterocycles. The number of benzene rings is 2. The molecule has 2 aliphatic rings. The number of ketones is 1. The van der Waals surface area contributed by atoms with Gasteiger partial charge in [-0.25, -0.2) is 0 Å². The van der Waals surface area contributed by atoms with Gasteiger partial charge in [0.2, 0.25) is 5.91 Å². The van der Waals surface area contributed by atoms with Gasteiger partial charge in [0.25, 0.3) is 5.56 Å². The van der Waals surface area contributed by atoms with Gasteiger partial charge in [-0.1, -0.05) is 48.5 Å². The molecular weight excluding hydrogens is 462 g/mol. The van der Waals surface area contributed by atoms with Crippen LogP contribution in [0.1, 0.15) is 28.4 Å². The second kappa shape index (κ2) is 9.97. The van der Waals surface area contributed by atoms with Gasteiger partial charge in [0.05, 0.1) is 17.6 Å². The number of carbonyl (C=O) groups excluding carboxylic acids is 2. The first-order valence-electron chi connectivity index (χ1n) is 11.9. The van der Waals surface area contributed by atoms with Crippen LogP contribution in [0, 0.1) is 0 Å². The number of Topliss-reactive ketones (excluding diaryl/α,β-unsaturated/α-hetero) is 1. The lowest BCUT2D eigenvalue weighted by Crippen LogP contribution is -2.42. The zero-order chi connectivity index (χ0) is 24.5. The number of rotatable bonds is 5. The van der Waals surface area contributed by atoms with Crippen LogP contribution in [0.3, 0.4) is 0 Å². The zero-order valence-corrected chi connectivity index (χ0v) is 20.8. The molecule has 2 unspecified atom stereocenters. The molecule has 7 nitrogen and oxygen atoms in total. The number of ether oxygens (including phenoxy) is 1. The fourth-order valence-electron chi connectivity index (χ4n) is 5.00. The van der Waals surface area contributed by atoms with E-state index in [9.17, 15) is 14.4 Å². The minimum absolute atomic E-state index is 0.00347. The monoisotopic (exact) mass is 491 g/mol. The molecule has 1 fully saturated rings. The molecule has 3 aromatic rings. The molecule has 0 aliphatic carbocycles. The van der Waals surface area contributed by atoms with E-state index in [0.717, 1.165) is 29.8 Å². The van der Waals surface area contributed by atoms with E-state index in [2.05, 4.69) is 11.9 Å². The van der Waals surface area contributed by atoms with Crippen molar-refractivity contribution in [2.24, 2.45) is 0 Å². The molecule has 182 valence electrons. The summed E-state index contributed by atoms with van der Waals surface area (Å²) in [4.78, 5) is 45.4. The predicted molar refractivity (Wildman–Crippen MR) is 137 cm³/mol. The summed E-state index contributed by atoms with van der Waals surface area (Å²) in [6, 6.07) is 16.6. The van der Waals surface area contributed by atoms with Crippen molar-refractivity contribution in [2.75, 3.05) is 40.3 Å². The molecule has 0 N–H and O–H groups in total. The van der Waals surface area contributed by atoms with Gasteiger partial charge in [0.15, 0.2) is 5.78 Å². The third kappa shape index (κ3) is 4.42. The standard InChI is InChI=1S/C27H29N3O4S/c1-28-13-8-14-29(16-15-28)27(33)25-23(34-2)22-24(35-25)19-11-6-7-12-20(19)30(26(22)32)17-21(31)18-9-4-3-5-10-18/h3-7,9-12,23,25H,8,13-17H2,1-2H3. The lowest BCUT2D eigenvalue weighted by atomic mass is 10.0. The van der Waals surface area contributed by atoms with Gasteiger partial charge in [0.1, 0.15) is 11.4 Å². The van der Waals surface area contributed by atoms with Gasteiger partial charge in [-0.2, -0.15) is 0 Å². The lowest BCUT2D eigenvalue weighted by Gasteiger charge is -2.26. The van der Waals surface area contributed by atoms with Gasteiger partial charge in [-0.15, -0.1) is 11.8 Å². The smallest absolute Gasteiger partial charge is 0.258 e. The number of para-hydroxylation sites is 1. The molecule has 0 bridgehead atoms. The Morgan fingerprint density at radius 1 is 1.00 bits per heavy atom. The zero-order valence-electron chi connectivity index (χ0n) is 20.0. The number of likely N-dealkylation sites (N-methyl/N-ethyl adjacent to an activating group) is 1. The topological polar surface area (TPSA) is 71.8 Å². The quantitative estimate of drug-likeness (QED) is 0.511. The van der Waals surface area contributed by atoms with Gasteiger partial charge in [-0.3, -0.25) is 14.4 Å². The molecule has 0 radical (unpaired) electrons. The average molecular weight is 492 g/mol. The van der Waals surface area contributed by atoms with E-state index < -0.39 is 11.4 Å². The second-order valence-corrected chi connectivity index (χ2v) is 10.3. The number of pyridine rings is 1. The maximum atomic E-state index is 13.8. The van der Waals surface area contributed by atoms with Crippen molar-refractivity contribution >= 4 is 34.4 Å². The SMILES string of the molecule is COC1c2c(c3ccccc3n(CC(=O)c3ccccc3)c2=O)SC1C(=O)N1CCCN(C)CC1. The van der Waals surface area contributed by atoms with Gasteiger partial charge in [-0.05, 0) is 26.1 Å². The Labute approximate surface area is 208 Å². The van der Waals surface area contributed by atoms with E-state index in [0.29, 0.717) is 29.7 Å². The van der Waals surface area contributed by atoms with Crippen molar-refractivity contribution in [3.05, 3.63) is 76.1 Å². The highest BCUT2D eigenvalue weighted by Gasteiger charge is 2.44. The maximum absolute atomic E-state index is 13.8. The predicted octanol–water partition coefficient (Wildman–Crippen LogP) is 3.21. The number of hydrogen-bond donors (Lipinski definition) is 0. The number of methoxy groups -OCH3 is 1. The number of amides is 1. The van der Waals surface area contributed by atoms with Crippen molar-refractivity contribution < 1.29 is 14.3 Å². The number of aromatic nitrogens is 1. The Hall–Kier alpha value is -2.94. The Morgan fingerprint density at radius 2 is 1.74 bits per heavy atom. The van der Waals surface area contributed by atoms with Crippen LogP contribution in [-0.4, -0.2) is 71.6 Å². The van der Waals surface area contributed by atoms with Gasteiger partial charge >= 0.3 is 0 Å². The number of nitrogens with zero attached hydrogens (tertiary/aromatic N) is 3. The molecular formula is C27H29N3O4S. The van der Waals surface area contributed by atoms with Crippen molar-refractivity contribution in [1.29, 1.82) is 0 Å². The second-order valence-electron chi connectivity index (χ2n) is 9.12. The molecule has 2 aromatic carbocycles. The van der Waals surface area contributed by atoms with Gasteiger partial charge < -0.3 is 19.1 Å². The average Bonchev–Trinajstić information content (AvgIpc) is 3.15. The van der Waals surface area contributed by atoms with Crippen LogP contribution in [0.25, 0.3) is 10.9 Å². The summed E-state index contributed by atoms with van der Waals surface area (Å²) < 4.78 is 7.34. The summed E-state index contributed by atoms with van der Waals surface area (Å²) in [5.74, 6) is -0.137. The molecule has 5 rings (SSSR count). The van der Waals surface area contributed by atoms with Crippen LogP contribution >= 0.6 is 11.8 Å². The van der Waals surface area contributed by atoms with Crippen LogP contribution in [0.5, 0.6) is 0 Å². The summed E-state index contributed by atoms with van der Waals surface area (Å²) in [5.41, 5.74) is 1.45. The normalized spacial score (nSPS) is 20.6. The molecule has 8 heteroatoms. The minimum atomic E-state index is -0.668. The highest BCUT2D eigenvalue weighted by Crippen LogP contribution is 2.48. The molecule has 0 spiro atoms. The van der Waals surface area contributed by atoms with Crippen molar-refractivity contribution in [3.8, 4) is 0 Å². The van der Waals surface area contributed by atoms with Crippen LogP contribution in [0.15, 0.2) is 64.3 Å². The van der Waals surface area contributed by atoms with Crippen LogP contribution in [0.4, 0.5) is 0 Å². The lowest BCUT2D eigenvalue weighted by molar-refractivity contribution is -0.132. The third-order valence-corrected chi connectivity index (χ3v) is 8.27. The maximum Gasteiger partial charge on any atom is 0.258 e. The number of thioether (sulfide) groups is 1. The Balaban J connectivity index is 1.55. The summed E-state index contributed by atoms with van der Waals surface area (Å²) in [5, 5.41) is 0.330. The molecule has 0 saturated carbocycles. The van der Waals surface area contributed by atoms with Crippen molar-refractivity contribution in [2.45, 2.75) is 29.2 Å². The van der Waals surface area contributed by atoms with E-state index in [1.165, 1.54) is 16.3 Å². The molecule has 2 aliphatic heterocycles. The first-order valence-corrected chi connectivity index (χ1v) is 12.8. The highest BCUT2D eigenvalue weighted by molar-refractivity contribution is 8.01. The van der Waals surface area contributed by atoms with Crippen LogP contribution < -0.4 is 5.56 Å². The minimum Gasteiger partial charge on any atom is -0.375 e. The Morgan fingerprint density at radius 3 is 2.51 bits per heavy atom. The molecule has 1 amide bonds. The Kier molecular flexibility index (Phi) is 6.77. The first kappa shape index (κ1) is 23.8. The highest BCUT2D eigenvalue weighted by atomic mass is 32.2. The largest absolute Gasteiger partial charge is 0.375 e. The Bertz CT molecular complexity index is 1320. The summed E-state index contributed by atoms with van der Waals surface area (Å²) >= 11 is 1.42. The van der Waals surface area contributed by atoms with E-state index in [4.69, 9.17) is 4.74 Å². The fourth-order valence-corrected chi connectivity index (χ4v) is 6.50. The van der Waals surface area contributed by atoms with E-state index >= 15 is 0 Å². The van der Waals surface area contributed by atoms with E-state index in [-0.39, 0.29) is 23.8 Å². The van der Waals surface area contributed by atoms with Gasteiger partial charge in [0, 0.05) is 42.6 Å². The molecule has 2 atom stereocenters.